The summed E-state index contributed by atoms with van der Waals surface area (Å²) >= 11 is 1.30. The van der Waals surface area contributed by atoms with E-state index in [1.165, 1.54) is 24.5 Å². The van der Waals surface area contributed by atoms with Gasteiger partial charge >= 0.3 is 11.6 Å². The van der Waals surface area contributed by atoms with E-state index in [2.05, 4.69) is 16.9 Å². The average molecular weight is 372 g/mol. The SMILES string of the molecule is C=CCNc1nc(C(=O)OCc2cc(=O)oc3cc(OC)ccc23)cs1. The summed E-state index contributed by atoms with van der Waals surface area (Å²) in [6, 6.07) is 6.41. The monoisotopic (exact) mass is 372 g/mol. The van der Waals surface area contributed by atoms with Crippen LogP contribution in [0.4, 0.5) is 5.13 Å². The van der Waals surface area contributed by atoms with Crippen molar-refractivity contribution in [3.8, 4) is 5.75 Å². The summed E-state index contributed by atoms with van der Waals surface area (Å²) in [5.41, 5.74) is 0.594. The molecule has 0 aliphatic carbocycles. The highest BCUT2D eigenvalue weighted by Crippen LogP contribution is 2.23. The minimum atomic E-state index is -0.567. The number of nitrogens with one attached hydrogen (secondary N) is 1. The summed E-state index contributed by atoms with van der Waals surface area (Å²) in [7, 11) is 1.52. The molecule has 0 unspecified atom stereocenters. The summed E-state index contributed by atoms with van der Waals surface area (Å²) < 4.78 is 15.6. The third kappa shape index (κ3) is 3.92. The van der Waals surface area contributed by atoms with Crippen LogP contribution < -0.4 is 15.7 Å². The molecule has 0 aliphatic heterocycles. The number of thiazole rings is 1. The number of ether oxygens (including phenoxy) is 2. The molecule has 1 N–H and O–H groups in total. The van der Waals surface area contributed by atoms with Crippen molar-refractivity contribution in [3.63, 3.8) is 0 Å². The normalized spacial score (nSPS) is 10.5. The van der Waals surface area contributed by atoms with Gasteiger partial charge < -0.3 is 19.2 Å². The van der Waals surface area contributed by atoms with Crippen molar-refractivity contribution in [2.45, 2.75) is 6.61 Å². The summed E-state index contributed by atoms with van der Waals surface area (Å²) in [4.78, 5) is 28.1. The second-order valence-corrected chi connectivity index (χ2v) is 6.09. The molecule has 26 heavy (non-hydrogen) atoms. The predicted molar refractivity (Wildman–Crippen MR) is 99.0 cm³/mol. The number of anilines is 1. The molecule has 0 spiro atoms. The lowest BCUT2D eigenvalue weighted by Crippen LogP contribution is -2.08. The molecular formula is C18H16N2O5S. The summed E-state index contributed by atoms with van der Waals surface area (Å²) in [5, 5.41) is 5.89. The molecule has 0 radical (unpaired) electrons. The second-order valence-electron chi connectivity index (χ2n) is 5.24. The van der Waals surface area contributed by atoms with Crippen molar-refractivity contribution in [1.29, 1.82) is 0 Å². The Bertz CT molecular complexity index is 1010. The Morgan fingerprint density at radius 1 is 1.42 bits per heavy atom. The summed E-state index contributed by atoms with van der Waals surface area (Å²) in [6.45, 7) is 4.09. The number of aromatic nitrogens is 1. The lowest BCUT2D eigenvalue weighted by atomic mass is 10.1. The Morgan fingerprint density at radius 2 is 2.27 bits per heavy atom. The number of nitrogens with zero attached hydrogens (tertiary/aromatic N) is 1. The predicted octanol–water partition coefficient (Wildman–Crippen LogP) is 3.21. The smallest absolute Gasteiger partial charge is 0.358 e. The van der Waals surface area contributed by atoms with Crippen LogP contribution >= 0.6 is 11.3 Å². The Labute approximate surface area is 152 Å². The van der Waals surface area contributed by atoms with Crippen LogP contribution in [0.2, 0.25) is 0 Å². The highest BCUT2D eigenvalue weighted by molar-refractivity contribution is 7.13. The maximum Gasteiger partial charge on any atom is 0.358 e. The first-order chi connectivity index (χ1) is 12.6. The number of fused-ring (bicyclic) bond motifs is 1. The van der Waals surface area contributed by atoms with Crippen molar-refractivity contribution >= 4 is 33.4 Å². The molecule has 0 saturated heterocycles. The van der Waals surface area contributed by atoms with Gasteiger partial charge in [-0.15, -0.1) is 17.9 Å². The minimum absolute atomic E-state index is 0.0692. The van der Waals surface area contributed by atoms with Crippen molar-refractivity contribution in [3.05, 3.63) is 64.0 Å². The van der Waals surface area contributed by atoms with Crippen LogP contribution in [-0.4, -0.2) is 24.6 Å². The van der Waals surface area contributed by atoms with Gasteiger partial charge in [-0.1, -0.05) is 6.08 Å². The molecule has 0 bridgehead atoms. The fourth-order valence-corrected chi connectivity index (χ4v) is 2.97. The van der Waals surface area contributed by atoms with Crippen LogP contribution in [0.1, 0.15) is 16.1 Å². The van der Waals surface area contributed by atoms with Crippen LogP contribution in [0, 0.1) is 0 Å². The largest absolute Gasteiger partial charge is 0.497 e. The van der Waals surface area contributed by atoms with Crippen LogP contribution in [-0.2, 0) is 11.3 Å². The first-order valence-electron chi connectivity index (χ1n) is 7.69. The molecule has 8 heteroatoms. The Hall–Kier alpha value is -3.13. The van der Waals surface area contributed by atoms with Crippen LogP contribution in [0.15, 0.2) is 51.5 Å². The van der Waals surface area contributed by atoms with Gasteiger partial charge in [0.05, 0.1) is 7.11 Å². The average Bonchev–Trinajstić information content (AvgIpc) is 3.12. The van der Waals surface area contributed by atoms with E-state index in [0.29, 0.717) is 34.0 Å². The van der Waals surface area contributed by atoms with Crippen LogP contribution in [0.3, 0.4) is 0 Å². The van der Waals surface area contributed by atoms with Gasteiger partial charge in [-0.25, -0.2) is 14.6 Å². The van der Waals surface area contributed by atoms with Crippen molar-refractivity contribution in [2.75, 3.05) is 19.0 Å². The summed E-state index contributed by atoms with van der Waals surface area (Å²) in [6.07, 6.45) is 1.69. The number of hydrogen-bond acceptors (Lipinski definition) is 8. The fourth-order valence-electron chi connectivity index (χ4n) is 2.28. The molecule has 0 saturated carbocycles. The highest BCUT2D eigenvalue weighted by Gasteiger charge is 2.14. The Morgan fingerprint density at radius 3 is 3.04 bits per heavy atom. The van der Waals surface area contributed by atoms with E-state index < -0.39 is 11.6 Å². The van der Waals surface area contributed by atoms with E-state index in [0.717, 1.165) is 0 Å². The molecule has 7 nitrogen and oxygen atoms in total. The minimum Gasteiger partial charge on any atom is -0.497 e. The maximum absolute atomic E-state index is 12.2. The van der Waals surface area contributed by atoms with Gasteiger partial charge in [0.2, 0.25) is 0 Å². The van der Waals surface area contributed by atoms with Gasteiger partial charge in [0.1, 0.15) is 17.9 Å². The van der Waals surface area contributed by atoms with E-state index >= 15 is 0 Å². The molecule has 0 fully saturated rings. The standard InChI is InChI=1S/C18H16N2O5S/c1-3-6-19-18-20-14(10-26-18)17(22)24-9-11-7-16(21)25-15-8-12(23-2)4-5-13(11)15/h3-5,7-8,10H,1,6,9H2,2H3,(H,19,20). The third-order valence-electron chi connectivity index (χ3n) is 3.51. The van der Waals surface area contributed by atoms with E-state index in [1.807, 2.05) is 0 Å². The van der Waals surface area contributed by atoms with E-state index in [4.69, 9.17) is 13.9 Å². The number of hydrogen-bond donors (Lipinski definition) is 1. The molecule has 0 amide bonds. The van der Waals surface area contributed by atoms with Crippen molar-refractivity contribution < 1.29 is 18.7 Å². The number of carbonyl (C=O) groups is 1. The first-order valence-corrected chi connectivity index (χ1v) is 8.57. The molecule has 1 aromatic carbocycles. The molecular weight excluding hydrogens is 356 g/mol. The quantitative estimate of drug-likeness (QED) is 0.387. The maximum atomic E-state index is 12.2. The van der Waals surface area contributed by atoms with Gasteiger partial charge in [-0.2, -0.15) is 0 Å². The summed E-state index contributed by atoms with van der Waals surface area (Å²) in [5.74, 6) is -0.000345. The highest BCUT2D eigenvalue weighted by atomic mass is 32.1. The Kier molecular flexibility index (Phi) is 5.33. The number of methoxy groups -OCH3 is 1. The topological polar surface area (TPSA) is 90.7 Å². The molecule has 2 aromatic heterocycles. The molecule has 2 heterocycles. The van der Waals surface area contributed by atoms with E-state index in [1.54, 1.807) is 29.7 Å². The van der Waals surface area contributed by atoms with Crippen LogP contribution in [0.5, 0.6) is 5.75 Å². The molecule has 3 aromatic rings. The lowest BCUT2D eigenvalue weighted by molar-refractivity contribution is 0.0468. The van der Waals surface area contributed by atoms with E-state index in [-0.39, 0.29) is 12.3 Å². The van der Waals surface area contributed by atoms with Gasteiger partial charge in [0.15, 0.2) is 10.8 Å². The van der Waals surface area contributed by atoms with Crippen LogP contribution in [0.25, 0.3) is 11.0 Å². The van der Waals surface area contributed by atoms with Crippen molar-refractivity contribution in [2.24, 2.45) is 0 Å². The van der Waals surface area contributed by atoms with Gasteiger partial charge in [0.25, 0.3) is 0 Å². The third-order valence-corrected chi connectivity index (χ3v) is 4.31. The van der Waals surface area contributed by atoms with Gasteiger partial charge in [-0.05, 0) is 12.1 Å². The van der Waals surface area contributed by atoms with Gasteiger partial charge in [0, 0.05) is 35.0 Å². The number of rotatable bonds is 7. The number of benzene rings is 1. The molecule has 0 atom stereocenters. The zero-order valence-corrected chi connectivity index (χ0v) is 14.8. The fraction of sp³-hybridized carbons (Fsp3) is 0.167. The zero-order chi connectivity index (χ0) is 18.5. The molecule has 3 rings (SSSR count). The van der Waals surface area contributed by atoms with E-state index in [9.17, 15) is 9.59 Å². The lowest BCUT2D eigenvalue weighted by Gasteiger charge is -2.07. The number of esters is 1. The van der Waals surface area contributed by atoms with Crippen molar-refractivity contribution in [1.82, 2.24) is 4.98 Å². The number of carbonyl (C=O) groups excluding carboxylic acids is 1. The zero-order valence-electron chi connectivity index (χ0n) is 14.0. The van der Waals surface area contributed by atoms with Gasteiger partial charge in [-0.3, -0.25) is 0 Å². The molecule has 0 aliphatic rings. The Balaban J connectivity index is 1.76. The molecule has 134 valence electrons. The second kappa shape index (κ2) is 7.83. The first kappa shape index (κ1) is 17.7.